The zero-order chi connectivity index (χ0) is 8.36. The quantitative estimate of drug-likeness (QED) is 0.629. The summed E-state index contributed by atoms with van der Waals surface area (Å²) in [6.45, 7) is 11.3. The van der Waals surface area contributed by atoms with Crippen molar-refractivity contribution in [1.29, 1.82) is 0 Å². The fourth-order valence-electron chi connectivity index (χ4n) is 1.77. The molecule has 0 heterocycles. The van der Waals surface area contributed by atoms with Crippen LogP contribution in [0.15, 0.2) is 0 Å². The van der Waals surface area contributed by atoms with Gasteiger partial charge in [0, 0.05) is 7.47 Å². The van der Waals surface area contributed by atoms with Crippen LogP contribution in [0.4, 0.5) is 0 Å². The number of hydrogen-bond donors (Lipinski definition) is 1. The molecule has 0 aromatic carbocycles. The first-order chi connectivity index (χ1) is 4.39. The predicted molar refractivity (Wildman–Crippen MR) is 49.3 cm³/mol. The van der Waals surface area contributed by atoms with Crippen molar-refractivity contribution in [1.82, 2.24) is 5.32 Å². The molecule has 1 atom stereocenters. The number of nitrogens with one attached hydrogen (secondary N) is 1. The topological polar surface area (TPSA) is 12.0 Å². The van der Waals surface area contributed by atoms with Crippen LogP contribution in [0.2, 0.25) is 0 Å². The molecule has 1 nitrogen and oxygen atoms in total. The van der Waals surface area contributed by atoms with Crippen LogP contribution in [0.5, 0.6) is 0 Å². The smallest absolute Gasteiger partial charge is 0.0136 e. The highest BCUT2D eigenvalue weighted by molar-refractivity contribution is 4.81. The maximum Gasteiger partial charge on any atom is 0.0136 e. The third kappa shape index (κ3) is 2.70. The Morgan fingerprint density at radius 2 is 1.60 bits per heavy atom. The highest BCUT2D eigenvalue weighted by Crippen LogP contribution is 2.24. The van der Waals surface area contributed by atoms with Gasteiger partial charge in [-0.3, -0.25) is 0 Å². The third-order valence-electron chi connectivity index (χ3n) is 1.91. The second kappa shape index (κ2) is 3.38. The van der Waals surface area contributed by atoms with E-state index in [0.717, 1.165) is 0 Å². The SMILES string of the molecule is CNC(C(C)C)C(C)(C)C.[HH]. The Hall–Kier alpha value is -0.0400. The van der Waals surface area contributed by atoms with Crippen molar-refractivity contribution in [2.24, 2.45) is 11.3 Å². The van der Waals surface area contributed by atoms with E-state index >= 15 is 0 Å². The Labute approximate surface area is 66.7 Å². The van der Waals surface area contributed by atoms with Crippen molar-refractivity contribution >= 4 is 0 Å². The molecular weight excluding hydrogens is 122 g/mol. The predicted octanol–water partition coefficient (Wildman–Crippen LogP) is 2.52. The van der Waals surface area contributed by atoms with Gasteiger partial charge in [-0.05, 0) is 18.4 Å². The van der Waals surface area contributed by atoms with E-state index in [1.165, 1.54) is 0 Å². The fraction of sp³-hybridized carbons (Fsp3) is 1.00. The van der Waals surface area contributed by atoms with Gasteiger partial charge in [0.05, 0.1) is 0 Å². The van der Waals surface area contributed by atoms with Crippen molar-refractivity contribution in [3.63, 3.8) is 0 Å². The molecule has 64 valence electrons. The Bertz CT molecular complexity index is 94.2. The molecule has 0 amide bonds. The first kappa shape index (κ1) is 9.96. The van der Waals surface area contributed by atoms with Crippen LogP contribution >= 0.6 is 0 Å². The average Bonchev–Trinajstić information content (AvgIpc) is 1.60. The van der Waals surface area contributed by atoms with Crippen molar-refractivity contribution < 1.29 is 1.43 Å². The highest BCUT2D eigenvalue weighted by atomic mass is 14.9. The largest absolute Gasteiger partial charge is 0.316 e. The highest BCUT2D eigenvalue weighted by Gasteiger charge is 2.25. The molecule has 0 aliphatic carbocycles. The third-order valence-corrected chi connectivity index (χ3v) is 1.91. The minimum absolute atomic E-state index is 0. The van der Waals surface area contributed by atoms with Gasteiger partial charge >= 0.3 is 0 Å². The monoisotopic (exact) mass is 145 g/mol. The molecular formula is C9H23N. The van der Waals surface area contributed by atoms with Gasteiger partial charge in [0.25, 0.3) is 0 Å². The molecule has 1 unspecified atom stereocenters. The van der Waals surface area contributed by atoms with Crippen molar-refractivity contribution in [2.75, 3.05) is 7.05 Å². The molecule has 0 saturated carbocycles. The van der Waals surface area contributed by atoms with Crippen LogP contribution < -0.4 is 5.32 Å². The van der Waals surface area contributed by atoms with Crippen molar-refractivity contribution in [3.05, 3.63) is 0 Å². The molecule has 0 fully saturated rings. The first-order valence-electron chi connectivity index (χ1n) is 4.07. The first-order valence-corrected chi connectivity index (χ1v) is 4.07. The standard InChI is InChI=1S/C9H21N.H2/c1-7(2)8(10-6)9(3,4)5;/h7-8,10H,1-6H3;1H. The van der Waals surface area contributed by atoms with Gasteiger partial charge < -0.3 is 5.32 Å². The molecule has 0 radical (unpaired) electrons. The lowest BCUT2D eigenvalue weighted by molar-refractivity contribution is 0.224. The maximum absolute atomic E-state index is 3.34. The van der Waals surface area contributed by atoms with Crippen LogP contribution in [0.1, 0.15) is 36.0 Å². The van der Waals surface area contributed by atoms with Gasteiger partial charge in [0.2, 0.25) is 0 Å². The van der Waals surface area contributed by atoms with E-state index in [2.05, 4.69) is 39.9 Å². The van der Waals surface area contributed by atoms with Crippen LogP contribution in [0.3, 0.4) is 0 Å². The molecule has 0 aromatic heterocycles. The van der Waals surface area contributed by atoms with Gasteiger partial charge in [-0.2, -0.15) is 0 Å². The normalized spacial score (nSPS) is 15.9. The van der Waals surface area contributed by atoms with Crippen LogP contribution in [-0.4, -0.2) is 13.1 Å². The molecule has 0 aliphatic rings. The Balaban J connectivity index is 0. The molecule has 1 N–H and O–H groups in total. The summed E-state index contributed by atoms with van der Waals surface area (Å²) in [6.07, 6.45) is 0. The van der Waals surface area contributed by atoms with E-state index in [-0.39, 0.29) is 1.43 Å². The molecule has 1 heteroatoms. The molecule has 0 aliphatic heterocycles. The second-order valence-electron chi connectivity index (χ2n) is 4.38. The molecule has 0 bridgehead atoms. The van der Waals surface area contributed by atoms with Gasteiger partial charge in [0.15, 0.2) is 0 Å². The van der Waals surface area contributed by atoms with E-state index in [4.69, 9.17) is 0 Å². The maximum atomic E-state index is 3.34. The lowest BCUT2D eigenvalue weighted by Crippen LogP contribution is -2.42. The summed E-state index contributed by atoms with van der Waals surface area (Å²) in [6, 6.07) is 0.618. The molecule has 0 saturated heterocycles. The summed E-state index contributed by atoms with van der Waals surface area (Å²) in [7, 11) is 2.04. The minimum atomic E-state index is 0. The number of hydrogen-bond acceptors (Lipinski definition) is 1. The molecule has 0 aromatic rings. The summed E-state index contributed by atoms with van der Waals surface area (Å²) in [5.41, 5.74) is 0.378. The molecule has 0 rings (SSSR count). The lowest BCUT2D eigenvalue weighted by atomic mass is 9.80. The zero-order valence-corrected chi connectivity index (χ0v) is 8.15. The summed E-state index contributed by atoms with van der Waals surface area (Å²) < 4.78 is 0. The van der Waals surface area contributed by atoms with E-state index < -0.39 is 0 Å². The number of rotatable bonds is 2. The van der Waals surface area contributed by atoms with Crippen molar-refractivity contribution in [3.8, 4) is 0 Å². The van der Waals surface area contributed by atoms with Gasteiger partial charge in [0.1, 0.15) is 0 Å². The summed E-state index contributed by atoms with van der Waals surface area (Å²) in [4.78, 5) is 0. The van der Waals surface area contributed by atoms with Crippen LogP contribution in [0.25, 0.3) is 0 Å². The van der Waals surface area contributed by atoms with E-state index in [0.29, 0.717) is 17.4 Å². The van der Waals surface area contributed by atoms with Crippen LogP contribution in [-0.2, 0) is 0 Å². The lowest BCUT2D eigenvalue weighted by Gasteiger charge is -2.33. The van der Waals surface area contributed by atoms with Crippen molar-refractivity contribution in [2.45, 2.75) is 40.7 Å². The molecule has 0 spiro atoms. The van der Waals surface area contributed by atoms with Crippen LogP contribution in [0, 0.1) is 11.3 Å². The molecule has 10 heavy (non-hydrogen) atoms. The Kier molecular flexibility index (Phi) is 3.37. The Morgan fingerprint density at radius 3 is 1.60 bits per heavy atom. The second-order valence-corrected chi connectivity index (χ2v) is 4.38. The van der Waals surface area contributed by atoms with Gasteiger partial charge in [-0.15, -0.1) is 0 Å². The Morgan fingerprint density at radius 1 is 1.20 bits per heavy atom. The summed E-state index contributed by atoms with van der Waals surface area (Å²) >= 11 is 0. The fourth-order valence-corrected chi connectivity index (χ4v) is 1.77. The van der Waals surface area contributed by atoms with E-state index in [1.54, 1.807) is 0 Å². The van der Waals surface area contributed by atoms with Gasteiger partial charge in [-0.25, -0.2) is 0 Å². The average molecular weight is 145 g/mol. The summed E-state index contributed by atoms with van der Waals surface area (Å²) in [5, 5.41) is 3.34. The van der Waals surface area contributed by atoms with Gasteiger partial charge in [-0.1, -0.05) is 34.6 Å². The summed E-state index contributed by atoms with van der Waals surface area (Å²) in [5.74, 6) is 0.713. The minimum Gasteiger partial charge on any atom is -0.316 e. The zero-order valence-electron chi connectivity index (χ0n) is 8.15. The van der Waals surface area contributed by atoms with E-state index in [9.17, 15) is 0 Å². The van der Waals surface area contributed by atoms with E-state index in [1.807, 2.05) is 7.05 Å².